The standard InChI is InChI=1S/C22H31N3O2/c1-15-16(2)20(27-4)9-8-17(15)12-25-13-18-6-5-7-19(14-25)22(18,26)21-23-10-11-24(21)3/h8-11,18-19,26H,5-7,12-14H2,1-4H3/t18-,19-/m1/s1. The maximum Gasteiger partial charge on any atom is 0.141 e. The zero-order chi connectivity index (χ0) is 19.2. The first kappa shape index (κ1) is 18.5. The summed E-state index contributed by atoms with van der Waals surface area (Å²) in [7, 11) is 3.72. The van der Waals surface area contributed by atoms with Gasteiger partial charge in [-0.2, -0.15) is 0 Å². The number of benzene rings is 1. The highest BCUT2D eigenvalue weighted by atomic mass is 16.5. The predicted molar refractivity (Wildman–Crippen MR) is 106 cm³/mol. The first-order valence-electron chi connectivity index (χ1n) is 10.0. The Labute approximate surface area is 162 Å². The molecule has 2 aliphatic rings. The number of hydrogen-bond donors (Lipinski definition) is 1. The molecule has 0 radical (unpaired) electrons. The molecule has 2 aromatic rings. The topological polar surface area (TPSA) is 50.5 Å². The van der Waals surface area contributed by atoms with E-state index in [0.717, 1.165) is 44.0 Å². The second kappa shape index (κ2) is 6.95. The van der Waals surface area contributed by atoms with Gasteiger partial charge in [0.2, 0.25) is 0 Å². The molecule has 0 unspecified atom stereocenters. The number of piperidine rings is 1. The number of aryl methyl sites for hydroxylation is 1. The van der Waals surface area contributed by atoms with Crippen LogP contribution in [-0.2, 0) is 19.2 Å². The van der Waals surface area contributed by atoms with Gasteiger partial charge in [0, 0.05) is 50.9 Å². The van der Waals surface area contributed by atoms with E-state index < -0.39 is 5.60 Å². The number of fused-ring (bicyclic) bond motifs is 2. The minimum Gasteiger partial charge on any atom is -0.496 e. The van der Waals surface area contributed by atoms with Gasteiger partial charge in [-0.1, -0.05) is 12.5 Å². The Bertz CT molecular complexity index is 815. The Balaban J connectivity index is 1.58. The molecule has 2 fully saturated rings. The Morgan fingerprint density at radius 3 is 2.48 bits per heavy atom. The van der Waals surface area contributed by atoms with E-state index in [1.54, 1.807) is 13.3 Å². The molecule has 1 aromatic carbocycles. The van der Waals surface area contributed by atoms with Gasteiger partial charge in [-0.05, 0) is 49.4 Å². The van der Waals surface area contributed by atoms with Gasteiger partial charge in [0.15, 0.2) is 0 Å². The van der Waals surface area contributed by atoms with Crippen LogP contribution in [0.5, 0.6) is 5.75 Å². The molecule has 1 saturated heterocycles. The molecule has 0 spiro atoms. The van der Waals surface area contributed by atoms with E-state index in [1.165, 1.54) is 23.1 Å². The maximum absolute atomic E-state index is 11.7. The lowest BCUT2D eigenvalue weighted by Crippen LogP contribution is -2.58. The normalized spacial score (nSPS) is 28.3. The van der Waals surface area contributed by atoms with E-state index in [4.69, 9.17) is 4.74 Å². The van der Waals surface area contributed by atoms with Crippen molar-refractivity contribution in [3.05, 3.63) is 47.0 Å². The van der Waals surface area contributed by atoms with Gasteiger partial charge in [-0.25, -0.2) is 4.98 Å². The molecule has 2 heterocycles. The molecule has 5 heteroatoms. The molecule has 5 nitrogen and oxygen atoms in total. The summed E-state index contributed by atoms with van der Waals surface area (Å²) < 4.78 is 7.45. The molecule has 4 rings (SSSR count). The fourth-order valence-electron chi connectivity index (χ4n) is 5.27. The highest BCUT2D eigenvalue weighted by Crippen LogP contribution is 2.48. The lowest BCUT2D eigenvalue weighted by atomic mass is 9.65. The summed E-state index contributed by atoms with van der Waals surface area (Å²) in [5, 5.41) is 11.7. The molecule has 0 amide bonds. The van der Waals surface area contributed by atoms with E-state index in [9.17, 15) is 5.11 Å². The summed E-state index contributed by atoms with van der Waals surface area (Å²) in [6.07, 6.45) is 7.09. The number of ether oxygens (including phenoxy) is 1. The number of methoxy groups -OCH3 is 1. The maximum atomic E-state index is 11.7. The summed E-state index contributed by atoms with van der Waals surface area (Å²) in [5.41, 5.74) is 3.09. The van der Waals surface area contributed by atoms with E-state index in [2.05, 4.69) is 35.9 Å². The largest absolute Gasteiger partial charge is 0.496 e. The predicted octanol–water partition coefficient (Wildman–Crippen LogP) is 3.17. The van der Waals surface area contributed by atoms with E-state index >= 15 is 0 Å². The Morgan fingerprint density at radius 2 is 1.89 bits per heavy atom. The second-order valence-electron chi connectivity index (χ2n) is 8.38. The van der Waals surface area contributed by atoms with Gasteiger partial charge in [-0.3, -0.25) is 4.90 Å². The van der Waals surface area contributed by atoms with E-state index in [0.29, 0.717) is 0 Å². The van der Waals surface area contributed by atoms with Crippen molar-refractivity contribution in [3.8, 4) is 5.75 Å². The van der Waals surface area contributed by atoms with Gasteiger partial charge in [-0.15, -0.1) is 0 Å². The van der Waals surface area contributed by atoms with Crippen molar-refractivity contribution < 1.29 is 9.84 Å². The van der Waals surface area contributed by atoms with Crippen LogP contribution in [0.15, 0.2) is 24.5 Å². The summed E-state index contributed by atoms with van der Waals surface area (Å²) in [4.78, 5) is 7.06. The van der Waals surface area contributed by atoms with Crippen LogP contribution in [0.3, 0.4) is 0 Å². The zero-order valence-electron chi connectivity index (χ0n) is 16.9. The summed E-state index contributed by atoms with van der Waals surface area (Å²) in [6, 6.07) is 4.27. The summed E-state index contributed by atoms with van der Waals surface area (Å²) in [5.74, 6) is 2.28. The minimum atomic E-state index is -0.794. The molecule has 2 atom stereocenters. The lowest BCUT2D eigenvalue weighted by molar-refractivity contribution is -0.155. The molecule has 1 saturated carbocycles. The number of hydrogen-bond acceptors (Lipinski definition) is 4. The first-order chi connectivity index (χ1) is 12.9. The van der Waals surface area contributed by atoms with Gasteiger partial charge in [0.05, 0.1) is 7.11 Å². The number of aromatic nitrogens is 2. The number of aliphatic hydroxyl groups is 1. The van der Waals surface area contributed by atoms with Crippen molar-refractivity contribution in [1.82, 2.24) is 14.5 Å². The monoisotopic (exact) mass is 369 g/mol. The average molecular weight is 370 g/mol. The molecular formula is C22H31N3O2. The van der Waals surface area contributed by atoms with Gasteiger partial charge < -0.3 is 14.4 Å². The third-order valence-electron chi connectivity index (χ3n) is 6.95. The molecule has 2 bridgehead atoms. The van der Waals surface area contributed by atoms with Crippen LogP contribution in [0, 0.1) is 25.7 Å². The molecule has 1 aliphatic heterocycles. The van der Waals surface area contributed by atoms with Crippen LogP contribution in [0.1, 0.15) is 41.8 Å². The van der Waals surface area contributed by atoms with Gasteiger partial charge in [0.25, 0.3) is 0 Å². The van der Waals surface area contributed by atoms with Crippen molar-refractivity contribution >= 4 is 0 Å². The highest BCUT2D eigenvalue weighted by Gasteiger charge is 2.53. The third-order valence-corrected chi connectivity index (χ3v) is 6.95. The van der Waals surface area contributed by atoms with Gasteiger partial charge >= 0.3 is 0 Å². The van der Waals surface area contributed by atoms with Crippen molar-refractivity contribution in [2.24, 2.45) is 18.9 Å². The smallest absolute Gasteiger partial charge is 0.141 e. The van der Waals surface area contributed by atoms with Crippen LogP contribution in [0.25, 0.3) is 0 Å². The zero-order valence-corrected chi connectivity index (χ0v) is 16.9. The Morgan fingerprint density at radius 1 is 1.19 bits per heavy atom. The van der Waals surface area contributed by atoms with Crippen LogP contribution in [-0.4, -0.2) is 39.8 Å². The lowest BCUT2D eigenvalue weighted by Gasteiger charge is -2.52. The fourth-order valence-corrected chi connectivity index (χ4v) is 5.27. The summed E-state index contributed by atoms with van der Waals surface area (Å²) in [6.45, 7) is 7.08. The molecule has 146 valence electrons. The van der Waals surface area contributed by atoms with Crippen molar-refractivity contribution in [2.75, 3.05) is 20.2 Å². The number of nitrogens with zero attached hydrogens (tertiary/aromatic N) is 3. The minimum absolute atomic E-state index is 0.241. The molecule has 1 aliphatic carbocycles. The second-order valence-corrected chi connectivity index (χ2v) is 8.38. The number of likely N-dealkylation sites (tertiary alicyclic amines) is 1. The molecule has 27 heavy (non-hydrogen) atoms. The molecular weight excluding hydrogens is 338 g/mol. The SMILES string of the molecule is COc1ccc(CN2C[C@H]3CCC[C@H](C2)C3(O)c2nccn2C)c(C)c1C. The number of rotatable bonds is 4. The van der Waals surface area contributed by atoms with Crippen LogP contribution < -0.4 is 4.74 Å². The average Bonchev–Trinajstić information content (AvgIpc) is 3.07. The first-order valence-corrected chi connectivity index (χ1v) is 10.0. The number of imidazole rings is 1. The van der Waals surface area contributed by atoms with Crippen LogP contribution in [0.4, 0.5) is 0 Å². The van der Waals surface area contributed by atoms with Crippen molar-refractivity contribution in [3.63, 3.8) is 0 Å². The van der Waals surface area contributed by atoms with Crippen LogP contribution >= 0.6 is 0 Å². The van der Waals surface area contributed by atoms with Crippen LogP contribution in [0.2, 0.25) is 0 Å². The Hall–Kier alpha value is -1.85. The van der Waals surface area contributed by atoms with Crippen molar-refractivity contribution in [1.29, 1.82) is 0 Å². The summed E-state index contributed by atoms with van der Waals surface area (Å²) >= 11 is 0. The van der Waals surface area contributed by atoms with E-state index in [-0.39, 0.29) is 11.8 Å². The third kappa shape index (κ3) is 2.97. The Kier molecular flexibility index (Phi) is 4.77. The van der Waals surface area contributed by atoms with Gasteiger partial charge in [0.1, 0.15) is 17.2 Å². The quantitative estimate of drug-likeness (QED) is 0.899. The highest BCUT2D eigenvalue weighted by molar-refractivity contribution is 5.43. The van der Waals surface area contributed by atoms with Crippen molar-refractivity contribution in [2.45, 2.75) is 45.3 Å². The fraction of sp³-hybridized carbons (Fsp3) is 0.591. The van der Waals surface area contributed by atoms with E-state index in [1.807, 2.05) is 17.8 Å². The molecule has 1 N–H and O–H groups in total. The molecule has 1 aromatic heterocycles.